The van der Waals surface area contributed by atoms with E-state index in [1.807, 2.05) is 6.07 Å². The van der Waals surface area contributed by atoms with Crippen molar-refractivity contribution in [2.75, 3.05) is 39.6 Å². The number of ether oxygens (including phenoxy) is 4. The monoisotopic (exact) mass is 306 g/mol. The molecule has 0 bridgehead atoms. The Morgan fingerprint density at radius 1 is 0.682 bits per heavy atom. The first-order valence-corrected chi connectivity index (χ1v) is 8.48. The van der Waals surface area contributed by atoms with Crippen molar-refractivity contribution in [1.82, 2.24) is 0 Å². The van der Waals surface area contributed by atoms with E-state index in [-0.39, 0.29) is 0 Å². The van der Waals surface area contributed by atoms with E-state index in [1.54, 1.807) is 0 Å². The van der Waals surface area contributed by atoms with Gasteiger partial charge >= 0.3 is 0 Å². The van der Waals surface area contributed by atoms with E-state index in [0.29, 0.717) is 45.6 Å². The van der Waals surface area contributed by atoms with Gasteiger partial charge in [0.15, 0.2) is 11.5 Å². The van der Waals surface area contributed by atoms with Crippen LogP contribution in [0.2, 0.25) is 0 Å². The maximum absolute atomic E-state index is 5.90. The van der Waals surface area contributed by atoms with Crippen molar-refractivity contribution in [3.8, 4) is 11.5 Å². The second-order valence-electron chi connectivity index (χ2n) is 5.96. The van der Waals surface area contributed by atoms with Crippen molar-refractivity contribution in [1.29, 1.82) is 0 Å². The lowest BCUT2D eigenvalue weighted by Crippen LogP contribution is -2.16. The summed E-state index contributed by atoms with van der Waals surface area (Å²) in [6.45, 7) is 3.46. The molecule has 1 aromatic carbocycles. The van der Waals surface area contributed by atoms with Crippen LogP contribution < -0.4 is 9.47 Å². The van der Waals surface area contributed by atoms with Crippen LogP contribution in [0.15, 0.2) is 18.2 Å². The second-order valence-corrected chi connectivity index (χ2v) is 5.96. The molecule has 1 aliphatic heterocycles. The molecule has 0 aromatic heterocycles. The van der Waals surface area contributed by atoms with Crippen molar-refractivity contribution in [3.05, 3.63) is 23.8 Å². The van der Waals surface area contributed by atoms with Gasteiger partial charge in [-0.3, -0.25) is 0 Å². The number of fused-ring (bicyclic) bond motifs is 1. The molecule has 0 atom stereocenters. The Balaban J connectivity index is 1.72. The van der Waals surface area contributed by atoms with E-state index in [2.05, 4.69) is 12.1 Å². The molecular weight excluding hydrogens is 280 g/mol. The lowest BCUT2D eigenvalue weighted by Gasteiger charge is -2.23. The molecule has 1 heterocycles. The van der Waals surface area contributed by atoms with Gasteiger partial charge < -0.3 is 18.9 Å². The molecule has 1 fully saturated rings. The Bertz CT molecular complexity index is 454. The molecule has 0 saturated heterocycles. The first kappa shape index (κ1) is 15.6. The number of hydrogen-bond donors (Lipinski definition) is 0. The normalized spacial score (nSPS) is 21.6. The van der Waals surface area contributed by atoms with E-state index in [1.165, 1.54) is 37.7 Å². The molecule has 0 amide bonds. The maximum Gasteiger partial charge on any atom is 0.161 e. The highest BCUT2D eigenvalue weighted by Gasteiger charge is 2.17. The molecule has 0 radical (unpaired) electrons. The van der Waals surface area contributed by atoms with Crippen LogP contribution in [0.1, 0.15) is 43.6 Å². The standard InChI is InChI=1S/C18H26O4/c1-2-4-15(5-3-1)16-6-7-17-18(14-16)22-13-11-20-9-8-19-10-12-21-17/h6-7,14-15H,1-5,8-13H2. The van der Waals surface area contributed by atoms with E-state index < -0.39 is 0 Å². The summed E-state index contributed by atoms with van der Waals surface area (Å²) in [4.78, 5) is 0. The van der Waals surface area contributed by atoms with Gasteiger partial charge in [-0.1, -0.05) is 25.3 Å². The Labute approximate surface area is 132 Å². The van der Waals surface area contributed by atoms with E-state index in [9.17, 15) is 0 Å². The maximum atomic E-state index is 5.90. The van der Waals surface area contributed by atoms with Gasteiger partial charge in [0.25, 0.3) is 0 Å². The molecule has 4 heteroatoms. The highest BCUT2D eigenvalue weighted by atomic mass is 16.6. The highest BCUT2D eigenvalue weighted by molar-refractivity contribution is 5.44. The summed E-state index contributed by atoms with van der Waals surface area (Å²) in [7, 11) is 0. The molecule has 1 aliphatic carbocycles. The van der Waals surface area contributed by atoms with Gasteiger partial charge in [0, 0.05) is 0 Å². The molecule has 0 N–H and O–H groups in total. The van der Waals surface area contributed by atoms with Crippen molar-refractivity contribution in [2.24, 2.45) is 0 Å². The predicted molar refractivity (Wildman–Crippen MR) is 84.9 cm³/mol. The van der Waals surface area contributed by atoms with E-state index in [4.69, 9.17) is 18.9 Å². The summed E-state index contributed by atoms with van der Waals surface area (Å²) in [5.41, 5.74) is 1.38. The zero-order valence-electron chi connectivity index (χ0n) is 13.2. The molecule has 4 nitrogen and oxygen atoms in total. The van der Waals surface area contributed by atoms with Crippen LogP contribution >= 0.6 is 0 Å². The fraction of sp³-hybridized carbons (Fsp3) is 0.667. The van der Waals surface area contributed by atoms with Gasteiger partial charge in [-0.05, 0) is 36.5 Å². The van der Waals surface area contributed by atoms with Gasteiger partial charge in [0.05, 0.1) is 26.4 Å². The average Bonchev–Trinajstić information content (AvgIpc) is 2.56. The van der Waals surface area contributed by atoms with Gasteiger partial charge in [0.2, 0.25) is 0 Å². The molecule has 3 rings (SSSR count). The minimum atomic E-state index is 0.541. The summed E-state index contributed by atoms with van der Waals surface area (Å²) < 4.78 is 22.6. The van der Waals surface area contributed by atoms with Gasteiger partial charge in [0.1, 0.15) is 13.2 Å². The lowest BCUT2D eigenvalue weighted by atomic mass is 9.84. The van der Waals surface area contributed by atoms with Crippen LogP contribution in [0.5, 0.6) is 11.5 Å². The Kier molecular flexibility index (Phi) is 5.96. The minimum absolute atomic E-state index is 0.541. The second kappa shape index (κ2) is 8.39. The smallest absolute Gasteiger partial charge is 0.161 e. The van der Waals surface area contributed by atoms with Crippen LogP contribution in [-0.4, -0.2) is 39.6 Å². The molecule has 1 aromatic rings. The van der Waals surface area contributed by atoms with Crippen molar-refractivity contribution >= 4 is 0 Å². The topological polar surface area (TPSA) is 36.9 Å². The average molecular weight is 306 g/mol. The zero-order valence-corrected chi connectivity index (χ0v) is 13.2. The fourth-order valence-electron chi connectivity index (χ4n) is 3.19. The van der Waals surface area contributed by atoms with E-state index in [0.717, 1.165) is 11.5 Å². The number of hydrogen-bond acceptors (Lipinski definition) is 4. The van der Waals surface area contributed by atoms with Crippen LogP contribution in [0.25, 0.3) is 0 Å². The molecule has 0 spiro atoms. The third-order valence-electron chi connectivity index (χ3n) is 4.39. The summed E-state index contributed by atoms with van der Waals surface area (Å²) in [5, 5.41) is 0. The van der Waals surface area contributed by atoms with Crippen molar-refractivity contribution in [3.63, 3.8) is 0 Å². The van der Waals surface area contributed by atoms with Crippen LogP contribution in [-0.2, 0) is 9.47 Å². The van der Waals surface area contributed by atoms with Crippen molar-refractivity contribution < 1.29 is 18.9 Å². The molecular formula is C18H26O4. The molecule has 22 heavy (non-hydrogen) atoms. The Morgan fingerprint density at radius 2 is 1.32 bits per heavy atom. The lowest BCUT2D eigenvalue weighted by molar-refractivity contribution is 0.0223. The highest BCUT2D eigenvalue weighted by Crippen LogP contribution is 2.37. The molecule has 0 unspecified atom stereocenters. The third kappa shape index (κ3) is 4.37. The molecule has 1 saturated carbocycles. The first-order valence-electron chi connectivity index (χ1n) is 8.48. The largest absolute Gasteiger partial charge is 0.487 e. The first-order chi connectivity index (χ1) is 10.9. The summed E-state index contributed by atoms with van der Waals surface area (Å²) in [5.74, 6) is 2.32. The predicted octanol–water partition coefficient (Wildman–Crippen LogP) is 3.54. The summed E-state index contributed by atoms with van der Waals surface area (Å²) in [6, 6.07) is 6.41. The van der Waals surface area contributed by atoms with Gasteiger partial charge in [-0.25, -0.2) is 0 Å². The molecule has 2 aliphatic rings. The van der Waals surface area contributed by atoms with Gasteiger partial charge in [-0.2, -0.15) is 0 Å². The zero-order chi connectivity index (χ0) is 15.0. The van der Waals surface area contributed by atoms with Crippen LogP contribution in [0.3, 0.4) is 0 Å². The fourth-order valence-corrected chi connectivity index (χ4v) is 3.19. The Hall–Kier alpha value is -1.26. The SMILES string of the molecule is c1cc2c(cc1C1CCCCC1)OCCOCCOCCO2. The molecule has 122 valence electrons. The third-order valence-corrected chi connectivity index (χ3v) is 4.39. The number of rotatable bonds is 1. The minimum Gasteiger partial charge on any atom is -0.487 e. The quantitative estimate of drug-likeness (QED) is 0.795. The van der Waals surface area contributed by atoms with E-state index >= 15 is 0 Å². The Morgan fingerprint density at radius 3 is 2.05 bits per heavy atom. The number of benzene rings is 1. The van der Waals surface area contributed by atoms with Crippen LogP contribution in [0.4, 0.5) is 0 Å². The summed E-state index contributed by atoms with van der Waals surface area (Å²) in [6.07, 6.45) is 6.63. The van der Waals surface area contributed by atoms with Crippen LogP contribution in [0, 0.1) is 0 Å². The van der Waals surface area contributed by atoms with Gasteiger partial charge in [-0.15, -0.1) is 0 Å². The van der Waals surface area contributed by atoms with Crippen molar-refractivity contribution in [2.45, 2.75) is 38.0 Å². The summed E-state index contributed by atoms with van der Waals surface area (Å²) >= 11 is 0.